The van der Waals surface area contributed by atoms with Crippen molar-refractivity contribution in [3.63, 3.8) is 0 Å². The van der Waals surface area contributed by atoms with Gasteiger partial charge in [-0.25, -0.2) is 4.79 Å². The lowest BCUT2D eigenvalue weighted by molar-refractivity contribution is -0.134. The molecule has 0 bridgehead atoms. The van der Waals surface area contributed by atoms with Gasteiger partial charge in [0, 0.05) is 10.7 Å². The Morgan fingerprint density at radius 1 is 1.25 bits per heavy atom. The van der Waals surface area contributed by atoms with Crippen molar-refractivity contribution in [3.05, 3.63) is 29.3 Å². The van der Waals surface area contributed by atoms with Crippen molar-refractivity contribution in [2.75, 3.05) is 11.9 Å². The lowest BCUT2D eigenvalue weighted by atomic mass is 9.88. The molecule has 24 heavy (non-hydrogen) atoms. The average molecular weight is 352 g/mol. The van der Waals surface area contributed by atoms with Crippen molar-refractivity contribution in [2.24, 2.45) is 0 Å². The van der Waals surface area contributed by atoms with Crippen molar-refractivity contribution in [2.45, 2.75) is 45.1 Å². The first-order valence-electron chi connectivity index (χ1n) is 8.11. The van der Waals surface area contributed by atoms with Gasteiger partial charge in [-0.2, -0.15) is 0 Å². The van der Waals surface area contributed by atoms with E-state index in [1.807, 2.05) is 13.8 Å². The summed E-state index contributed by atoms with van der Waals surface area (Å²) in [7, 11) is 0. The Bertz CT molecular complexity index is 642. The Kier molecular flexibility index (Phi) is 5.83. The minimum absolute atomic E-state index is 0.313. The van der Waals surface area contributed by atoms with Gasteiger partial charge >= 0.3 is 6.03 Å². The van der Waals surface area contributed by atoms with Crippen LogP contribution in [0.2, 0.25) is 5.02 Å². The zero-order valence-corrected chi connectivity index (χ0v) is 14.7. The van der Waals surface area contributed by atoms with Gasteiger partial charge in [0.2, 0.25) is 5.91 Å². The number of carbonyl (C=O) groups excluding carboxylic acids is 3. The minimum atomic E-state index is -0.878. The third kappa shape index (κ3) is 3.87. The molecular weight excluding hydrogens is 330 g/mol. The summed E-state index contributed by atoms with van der Waals surface area (Å²) in [6.45, 7) is 3.61. The monoisotopic (exact) mass is 351 g/mol. The fourth-order valence-electron chi connectivity index (χ4n) is 3.05. The van der Waals surface area contributed by atoms with Crippen molar-refractivity contribution in [3.8, 4) is 0 Å². The van der Waals surface area contributed by atoms with Crippen LogP contribution in [-0.4, -0.2) is 34.8 Å². The van der Waals surface area contributed by atoms with Crippen molar-refractivity contribution >= 4 is 35.1 Å². The van der Waals surface area contributed by atoms with E-state index in [9.17, 15) is 14.4 Å². The average Bonchev–Trinajstić information content (AvgIpc) is 2.72. The molecule has 1 aliphatic rings. The number of carbonyl (C=O) groups is 3. The first-order valence-corrected chi connectivity index (χ1v) is 8.49. The van der Waals surface area contributed by atoms with Crippen LogP contribution in [-0.2, 0) is 9.59 Å². The molecule has 0 spiro atoms. The summed E-state index contributed by atoms with van der Waals surface area (Å²) in [5.74, 6) is -0.762. The number of imide groups is 1. The van der Waals surface area contributed by atoms with E-state index in [-0.39, 0.29) is 12.5 Å². The van der Waals surface area contributed by atoms with E-state index in [1.54, 1.807) is 24.3 Å². The fraction of sp³-hybridized carbons (Fsp3) is 0.471. The van der Waals surface area contributed by atoms with Gasteiger partial charge in [0.15, 0.2) is 0 Å². The molecule has 1 fully saturated rings. The van der Waals surface area contributed by atoms with Crippen LogP contribution < -0.4 is 10.6 Å². The number of nitrogens with one attached hydrogen (secondary N) is 2. The van der Waals surface area contributed by atoms with Gasteiger partial charge in [-0.05, 0) is 31.0 Å². The molecule has 1 saturated heterocycles. The Hall–Kier alpha value is -2.08. The number of rotatable bonds is 7. The zero-order valence-electron chi connectivity index (χ0n) is 13.9. The van der Waals surface area contributed by atoms with Gasteiger partial charge in [0.1, 0.15) is 12.1 Å². The molecule has 0 radical (unpaired) electrons. The number of benzene rings is 1. The van der Waals surface area contributed by atoms with Crippen LogP contribution in [0.25, 0.3) is 0 Å². The van der Waals surface area contributed by atoms with Crippen LogP contribution in [0.5, 0.6) is 0 Å². The van der Waals surface area contributed by atoms with E-state index in [1.165, 1.54) is 0 Å². The van der Waals surface area contributed by atoms with Crippen LogP contribution in [0.1, 0.15) is 39.5 Å². The summed E-state index contributed by atoms with van der Waals surface area (Å²) in [6.07, 6.45) is 2.68. The van der Waals surface area contributed by atoms with Gasteiger partial charge in [-0.3, -0.25) is 14.5 Å². The van der Waals surface area contributed by atoms with Crippen molar-refractivity contribution in [1.82, 2.24) is 10.2 Å². The summed E-state index contributed by atoms with van der Waals surface area (Å²) in [5, 5.41) is 5.92. The van der Waals surface area contributed by atoms with Crippen LogP contribution in [0, 0.1) is 0 Å². The summed E-state index contributed by atoms with van der Waals surface area (Å²) in [6, 6.07) is 6.18. The second-order valence-electron chi connectivity index (χ2n) is 5.96. The lowest BCUT2D eigenvalue weighted by Crippen LogP contribution is -2.47. The van der Waals surface area contributed by atoms with E-state index in [0.717, 1.165) is 17.7 Å². The van der Waals surface area contributed by atoms with Crippen LogP contribution in [0.3, 0.4) is 0 Å². The van der Waals surface area contributed by atoms with Gasteiger partial charge < -0.3 is 10.6 Å². The number of amides is 4. The first-order chi connectivity index (χ1) is 11.4. The molecule has 1 aliphatic heterocycles. The molecule has 0 atom stereocenters. The van der Waals surface area contributed by atoms with E-state index >= 15 is 0 Å². The molecule has 1 heterocycles. The summed E-state index contributed by atoms with van der Waals surface area (Å²) >= 11 is 5.87. The normalized spacial score (nSPS) is 16.2. The number of urea groups is 1. The third-order valence-corrected chi connectivity index (χ3v) is 4.24. The molecule has 1 aromatic carbocycles. The number of hydrogen-bond acceptors (Lipinski definition) is 3. The van der Waals surface area contributed by atoms with Gasteiger partial charge in [0.05, 0.1) is 0 Å². The van der Waals surface area contributed by atoms with Gasteiger partial charge in [-0.15, -0.1) is 0 Å². The summed E-state index contributed by atoms with van der Waals surface area (Å²) in [5.41, 5.74) is -0.357. The number of halogens is 1. The predicted molar refractivity (Wildman–Crippen MR) is 92.9 cm³/mol. The maximum Gasteiger partial charge on any atom is 0.325 e. The third-order valence-electron chi connectivity index (χ3n) is 4.01. The SMILES string of the molecule is CCCC1(CCC)NC(=O)N(CC(=O)Nc2cccc(Cl)c2)C1=O. The van der Waals surface area contributed by atoms with Crippen molar-refractivity contribution in [1.29, 1.82) is 0 Å². The Balaban J connectivity index is 2.07. The molecular formula is C17H22ClN3O3. The molecule has 0 saturated carbocycles. The first kappa shape index (κ1) is 18.3. The molecule has 7 heteroatoms. The summed E-state index contributed by atoms with van der Waals surface area (Å²) in [4.78, 5) is 38.0. The molecule has 2 N–H and O–H groups in total. The van der Waals surface area contributed by atoms with Crippen LogP contribution in [0.15, 0.2) is 24.3 Å². The highest BCUT2D eigenvalue weighted by Crippen LogP contribution is 2.28. The standard InChI is InChI=1S/C17H22ClN3O3/c1-3-8-17(9-4-2)15(23)21(16(24)20-17)11-14(22)19-13-7-5-6-12(18)10-13/h5-7,10H,3-4,8-9,11H2,1-2H3,(H,19,22)(H,20,24). The molecule has 4 amide bonds. The molecule has 1 aromatic rings. The van der Waals surface area contributed by atoms with Gasteiger partial charge in [0.25, 0.3) is 5.91 Å². The highest BCUT2D eigenvalue weighted by molar-refractivity contribution is 6.30. The van der Waals surface area contributed by atoms with Gasteiger partial charge in [-0.1, -0.05) is 44.4 Å². The maximum absolute atomic E-state index is 12.7. The minimum Gasteiger partial charge on any atom is -0.324 e. The van der Waals surface area contributed by atoms with E-state index in [4.69, 9.17) is 11.6 Å². The molecule has 0 aromatic heterocycles. The van der Waals surface area contributed by atoms with E-state index < -0.39 is 17.5 Å². The second-order valence-corrected chi connectivity index (χ2v) is 6.40. The largest absolute Gasteiger partial charge is 0.325 e. The highest BCUT2D eigenvalue weighted by atomic mass is 35.5. The fourth-order valence-corrected chi connectivity index (χ4v) is 3.24. The number of anilines is 1. The molecule has 6 nitrogen and oxygen atoms in total. The van der Waals surface area contributed by atoms with E-state index in [0.29, 0.717) is 23.6 Å². The van der Waals surface area contributed by atoms with Crippen molar-refractivity contribution < 1.29 is 14.4 Å². The predicted octanol–water partition coefficient (Wildman–Crippen LogP) is 3.17. The van der Waals surface area contributed by atoms with Crippen LogP contribution >= 0.6 is 11.6 Å². The molecule has 130 valence electrons. The quantitative estimate of drug-likeness (QED) is 0.740. The smallest absolute Gasteiger partial charge is 0.324 e. The lowest BCUT2D eigenvalue weighted by Gasteiger charge is -2.25. The zero-order chi connectivity index (χ0) is 17.7. The maximum atomic E-state index is 12.7. The Labute approximate surface area is 146 Å². The highest BCUT2D eigenvalue weighted by Gasteiger charge is 2.50. The molecule has 2 rings (SSSR count). The van der Waals surface area contributed by atoms with E-state index in [2.05, 4.69) is 10.6 Å². The topological polar surface area (TPSA) is 78.5 Å². The van der Waals surface area contributed by atoms with Crippen LogP contribution in [0.4, 0.5) is 10.5 Å². The molecule has 0 unspecified atom stereocenters. The Morgan fingerprint density at radius 2 is 1.92 bits per heavy atom. The summed E-state index contributed by atoms with van der Waals surface area (Å²) < 4.78 is 0. The molecule has 0 aliphatic carbocycles. The number of hydrogen-bond donors (Lipinski definition) is 2. The Morgan fingerprint density at radius 3 is 2.50 bits per heavy atom. The number of nitrogens with zero attached hydrogens (tertiary/aromatic N) is 1. The second kappa shape index (κ2) is 7.66.